The maximum atomic E-state index is 10.4. The van der Waals surface area contributed by atoms with Crippen LogP contribution in [-0.2, 0) is 0 Å². The monoisotopic (exact) mass is 282 g/mol. The van der Waals surface area contributed by atoms with E-state index >= 15 is 0 Å². The van der Waals surface area contributed by atoms with Crippen LogP contribution in [0.15, 0.2) is 24.3 Å². The van der Waals surface area contributed by atoms with Crippen LogP contribution in [0.25, 0.3) is 0 Å². The summed E-state index contributed by atoms with van der Waals surface area (Å²) < 4.78 is 0. The minimum atomic E-state index is -1.38. The van der Waals surface area contributed by atoms with E-state index in [0.29, 0.717) is 7.92 Å². The third kappa shape index (κ3) is 10.7. The summed E-state index contributed by atoms with van der Waals surface area (Å²) in [6.45, 7) is 6.69. The van der Waals surface area contributed by atoms with Gasteiger partial charge in [-0.1, -0.05) is 12.1 Å². The van der Waals surface area contributed by atoms with Gasteiger partial charge in [0.05, 0.1) is 11.5 Å². The molecular weight excluding hydrogens is 266 g/mol. The SMILES string of the molecule is CP(C)C.O.O=C([O-])c1cccc(C(=O)O)c1.[Na+]. The average molecular weight is 282 g/mol. The number of hydrogen-bond donors (Lipinski definition) is 1. The molecule has 0 radical (unpaired) electrons. The molecule has 0 bridgehead atoms. The van der Waals surface area contributed by atoms with Gasteiger partial charge in [0.1, 0.15) is 0 Å². The second-order valence-corrected chi connectivity index (χ2v) is 6.20. The molecular formula is C11H16NaO5P. The standard InChI is InChI=1S/C8H6O4.C3H9P.Na.H2O/c9-7(10)5-2-1-3-6(4-5)8(11)12;1-4(2)3;;/h1-4H,(H,9,10)(H,11,12);1-3H3;;1H2/q;;+1;/p-1. The van der Waals surface area contributed by atoms with Gasteiger partial charge < -0.3 is 20.5 Å². The molecule has 0 aliphatic carbocycles. The molecule has 7 heteroatoms. The number of aromatic carboxylic acids is 2. The van der Waals surface area contributed by atoms with E-state index in [1.807, 2.05) is 0 Å². The molecule has 0 aliphatic rings. The number of benzene rings is 1. The van der Waals surface area contributed by atoms with E-state index in [4.69, 9.17) is 5.11 Å². The van der Waals surface area contributed by atoms with Crippen LogP contribution in [0.3, 0.4) is 0 Å². The van der Waals surface area contributed by atoms with E-state index in [-0.39, 0.29) is 46.2 Å². The molecule has 0 aromatic heterocycles. The van der Waals surface area contributed by atoms with Crippen LogP contribution in [0.2, 0.25) is 0 Å². The van der Waals surface area contributed by atoms with Crippen LogP contribution in [0.4, 0.5) is 0 Å². The van der Waals surface area contributed by atoms with E-state index in [1.54, 1.807) is 0 Å². The Morgan fingerprint density at radius 2 is 1.56 bits per heavy atom. The molecule has 96 valence electrons. The molecule has 0 spiro atoms. The van der Waals surface area contributed by atoms with E-state index in [0.717, 1.165) is 6.07 Å². The fourth-order valence-corrected chi connectivity index (χ4v) is 0.779. The predicted molar refractivity (Wildman–Crippen MR) is 66.0 cm³/mol. The number of hydrogen-bond acceptors (Lipinski definition) is 3. The summed E-state index contributed by atoms with van der Waals surface area (Å²) >= 11 is 0. The van der Waals surface area contributed by atoms with Crippen molar-refractivity contribution in [1.29, 1.82) is 0 Å². The third-order valence-electron chi connectivity index (χ3n) is 1.35. The van der Waals surface area contributed by atoms with Crippen LogP contribution in [0.1, 0.15) is 20.7 Å². The molecule has 0 fully saturated rings. The zero-order valence-corrected chi connectivity index (χ0v) is 13.8. The van der Waals surface area contributed by atoms with Crippen molar-refractivity contribution in [3.8, 4) is 0 Å². The Morgan fingerprint density at radius 1 is 1.17 bits per heavy atom. The number of carboxylic acids is 2. The molecule has 0 unspecified atom stereocenters. The summed E-state index contributed by atoms with van der Waals surface area (Å²) in [5.74, 6) is -2.53. The van der Waals surface area contributed by atoms with Crippen molar-refractivity contribution in [3.63, 3.8) is 0 Å². The molecule has 0 saturated carbocycles. The van der Waals surface area contributed by atoms with Crippen molar-refractivity contribution < 1.29 is 54.8 Å². The Labute approximate surface area is 130 Å². The molecule has 0 saturated heterocycles. The Balaban J connectivity index is -0.000000332. The summed E-state index contributed by atoms with van der Waals surface area (Å²) in [4.78, 5) is 20.6. The normalized spacial score (nSPS) is 8.22. The van der Waals surface area contributed by atoms with Crippen molar-refractivity contribution in [2.24, 2.45) is 0 Å². The predicted octanol–water partition coefficient (Wildman–Crippen LogP) is -2.71. The van der Waals surface area contributed by atoms with Crippen LogP contribution >= 0.6 is 7.92 Å². The fraction of sp³-hybridized carbons (Fsp3) is 0.273. The van der Waals surface area contributed by atoms with Gasteiger partial charge in [-0.2, -0.15) is 0 Å². The van der Waals surface area contributed by atoms with E-state index in [9.17, 15) is 14.7 Å². The second-order valence-electron chi connectivity index (χ2n) is 3.52. The smallest absolute Gasteiger partial charge is 0.545 e. The Kier molecular flexibility index (Phi) is 14.7. The Bertz CT molecular complexity index is 349. The van der Waals surface area contributed by atoms with Crippen LogP contribution in [0.5, 0.6) is 0 Å². The topological polar surface area (TPSA) is 109 Å². The molecule has 18 heavy (non-hydrogen) atoms. The minimum Gasteiger partial charge on any atom is -0.545 e. The molecule has 3 N–H and O–H groups in total. The van der Waals surface area contributed by atoms with Crippen molar-refractivity contribution in [2.45, 2.75) is 0 Å². The van der Waals surface area contributed by atoms with Gasteiger partial charge in [0, 0.05) is 0 Å². The minimum absolute atomic E-state index is 0. The summed E-state index contributed by atoms with van der Waals surface area (Å²) in [6, 6.07) is 5.00. The first-order valence-corrected chi connectivity index (χ1v) is 7.18. The molecule has 0 atom stereocenters. The second kappa shape index (κ2) is 11.6. The Morgan fingerprint density at radius 3 is 1.89 bits per heavy atom. The molecule has 1 aromatic rings. The molecule has 0 amide bonds. The first kappa shape index (κ1) is 22.7. The average Bonchev–Trinajstić information content (AvgIpc) is 2.17. The van der Waals surface area contributed by atoms with Crippen LogP contribution in [-0.4, -0.2) is 42.5 Å². The first-order valence-electron chi connectivity index (χ1n) is 4.50. The largest absolute Gasteiger partial charge is 1.00 e. The molecule has 1 rings (SSSR count). The van der Waals surface area contributed by atoms with Gasteiger partial charge in [-0.3, -0.25) is 0 Å². The maximum absolute atomic E-state index is 10.4. The summed E-state index contributed by atoms with van der Waals surface area (Å²) in [5, 5.41) is 18.7. The molecule has 0 heterocycles. The summed E-state index contributed by atoms with van der Waals surface area (Å²) in [7, 11) is 0.380. The maximum Gasteiger partial charge on any atom is 1.00 e. The fourth-order valence-electron chi connectivity index (χ4n) is 0.779. The van der Waals surface area contributed by atoms with Gasteiger partial charge in [0.15, 0.2) is 0 Å². The number of rotatable bonds is 2. The van der Waals surface area contributed by atoms with Gasteiger partial charge in [-0.25, -0.2) is 4.79 Å². The van der Waals surface area contributed by atoms with E-state index in [1.165, 1.54) is 18.2 Å². The summed E-state index contributed by atoms with van der Waals surface area (Å²) in [5.41, 5.74) is -0.188. The van der Waals surface area contributed by atoms with Crippen molar-refractivity contribution in [3.05, 3.63) is 35.4 Å². The van der Waals surface area contributed by atoms with Crippen molar-refractivity contribution in [1.82, 2.24) is 0 Å². The van der Waals surface area contributed by atoms with E-state index in [2.05, 4.69) is 20.0 Å². The molecule has 0 aliphatic heterocycles. The van der Waals surface area contributed by atoms with Gasteiger partial charge >= 0.3 is 35.5 Å². The van der Waals surface area contributed by atoms with Gasteiger partial charge in [0.2, 0.25) is 0 Å². The van der Waals surface area contributed by atoms with Crippen molar-refractivity contribution in [2.75, 3.05) is 20.0 Å². The Hall–Kier alpha value is -0.450. The number of carbonyl (C=O) groups is 2. The van der Waals surface area contributed by atoms with Gasteiger partial charge in [-0.15, -0.1) is 7.92 Å². The zero-order valence-electron chi connectivity index (χ0n) is 10.9. The zero-order chi connectivity index (χ0) is 12.7. The van der Waals surface area contributed by atoms with Crippen molar-refractivity contribution >= 4 is 19.9 Å². The quantitative estimate of drug-likeness (QED) is 0.469. The summed E-state index contributed by atoms with van der Waals surface area (Å²) in [6.07, 6.45) is 0. The van der Waals surface area contributed by atoms with E-state index < -0.39 is 11.9 Å². The van der Waals surface area contributed by atoms with Crippen LogP contribution < -0.4 is 34.7 Å². The third-order valence-corrected chi connectivity index (χ3v) is 1.35. The number of carbonyl (C=O) groups excluding carboxylic acids is 1. The van der Waals surface area contributed by atoms with Crippen LogP contribution in [0, 0.1) is 0 Å². The molecule has 1 aromatic carbocycles. The molecule has 5 nitrogen and oxygen atoms in total. The van der Waals surface area contributed by atoms with Gasteiger partial charge in [-0.05, 0) is 37.7 Å². The van der Waals surface area contributed by atoms with Gasteiger partial charge in [0.25, 0.3) is 0 Å². The first-order chi connectivity index (χ1) is 7.34. The number of carboxylic acid groups (broad SMARTS) is 2.